The molecule has 0 saturated heterocycles. The van der Waals surface area contributed by atoms with Gasteiger partial charge in [0.1, 0.15) is 5.54 Å². The molecule has 0 aromatic heterocycles. The van der Waals surface area contributed by atoms with Crippen molar-refractivity contribution in [3.05, 3.63) is 30.3 Å². The van der Waals surface area contributed by atoms with Crippen molar-refractivity contribution in [2.24, 2.45) is 17.6 Å². The maximum atomic E-state index is 11.9. The van der Waals surface area contributed by atoms with E-state index >= 15 is 0 Å². The first-order chi connectivity index (χ1) is 8.21. The third-order valence-corrected chi connectivity index (χ3v) is 4.43. The number of anilines is 1. The average molecular weight is 230 g/mol. The number of nitrogens with one attached hydrogen (secondary N) is 1. The normalized spacial score (nSPS) is 34.8. The predicted octanol–water partition coefficient (Wildman–Crippen LogP) is 2.14. The zero-order valence-electron chi connectivity index (χ0n) is 9.86. The summed E-state index contributed by atoms with van der Waals surface area (Å²) in [6, 6.07) is 9.92. The van der Waals surface area contributed by atoms with E-state index in [9.17, 15) is 4.79 Å². The number of primary amides is 1. The van der Waals surface area contributed by atoms with Crippen LogP contribution in [0, 0.1) is 11.8 Å². The lowest BCUT2D eigenvalue weighted by atomic mass is 9.80. The predicted molar refractivity (Wildman–Crippen MR) is 67.4 cm³/mol. The van der Waals surface area contributed by atoms with Crippen molar-refractivity contribution in [1.29, 1.82) is 0 Å². The molecule has 1 aromatic rings. The Morgan fingerprint density at radius 1 is 1.29 bits per heavy atom. The van der Waals surface area contributed by atoms with E-state index in [1.807, 2.05) is 30.3 Å². The van der Waals surface area contributed by atoms with Crippen molar-refractivity contribution in [2.75, 3.05) is 5.32 Å². The Hall–Kier alpha value is -1.51. The van der Waals surface area contributed by atoms with Crippen LogP contribution >= 0.6 is 0 Å². The van der Waals surface area contributed by atoms with Gasteiger partial charge in [-0.2, -0.15) is 0 Å². The summed E-state index contributed by atoms with van der Waals surface area (Å²) in [5.41, 5.74) is 6.17. The molecule has 2 aliphatic rings. The van der Waals surface area contributed by atoms with Crippen LogP contribution in [0.5, 0.6) is 0 Å². The van der Waals surface area contributed by atoms with Crippen molar-refractivity contribution in [2.45, 2.75) is 31.2 Å². The second kappa shape index (κ2) is 3.76. The van der Waals surface area contributed by atoms with Gasteiger partial charge in [0.05, 0.1) is 0 Å². The zero-order chi connectivity index (χ0) is 11.9. The van der Waals surface area contributed by atoms with Crippen LogP contribution in [-0.4, -0.2) is 11.4 Å². The summed E-state index contributed by atoms with van der Waals surface area (Å²) in [6.45, 7) is 0. The number of hydrogen-bond acceptors (Lipinski definition) is 2. The number of rotatable bonds is 3. The number of para-hydroxylation sites is 1. The number of fused-ring (bicyclic) bond motifs is 2. The molecule has 0 spiro atoms. The second-order valence-corrected chi connectivity index (χ2v) is 5.41. The zero-order valence-corrected chi connectivity index (χ0v) is 9.86. The number of hydrogen-bond donors (Lipinski definition) is 2. The van der Waals surface area contributed by atoms with Crippen LogP contribution in [0.2, 0.25) is 0 Å². The van der Waals surface area contributed by atoms with Gasteiger partial charge in [-0.05, 0) is 49.7 Å². The molecule has 3 N–H and O–H groups in total. The molecule has 3 nitrogen and oxygen atoms in total. The number of nitrogens with two attached hydrogens (primary N) is 1. The molecular formula is C14H18N2O. The maximum absolute atomic E-state index is 11.9. The van der Waals surface area contributed by atoms with E-state index < -0.39 is 5.54 Å². The Balaban J connectivity index is 1.89. The fraction of sp³-hybridized carbons (Fsp3) is 0.500. The smallest absolute Gasteiger partial charge is 0.243 e. The van der Waals surface area contributed by atoms with Gasteiger partial charge in [0, 0.05) is 5.69 Å². The van der Waals surface area contributed by atoms with Gasteiger partial charge < -0.3 is 11.1 Å². The van der Waals surface area contributed by atoms with Gasteiger partial charge in [-0.3, -0.25) is 4.79 Å². The monoisotopic (exact) mass is 230 g/mol. The Kier molecular flexibility index (Phi) is 2.35. The minimum atomic E-state index is -0.496. The molecule has 3 rings (SSSR count). The molecule has 0 heterocycles. The van der Waals surface area contributed by atoms with Crippen LogP contribution in [0.1, 0.15) is 25.7 Å². The highest BCUT2D eigenvalue weighted by Crippen LogP contribution is 2.51. The van der Waals surface area contributed by atoms with E-state index in [0.29, 0.717) is 11.8 Å². The molecule has 90 valence electrons. The molecule has 3 atom stereocenters. The first-order valence-corrected chi connectivity index (χ1v) is 6.34. The van der Waals surface area contributed by atoms with Crippen molar-refractivity contribution in [3.8, 4) is 0 Å². The lowest BCUT2D eigenvalue weighted by Crippen LogP contribution is -2.54. The van der Waals surface area contributed by atoms with E-state index in [2.05, 4.69) is 5.32 Å². The molecule has 3 heteroatoms. The van der Waals surface area contributed by atoms with Crippen molar-refractivity contribution < 1.29 is 4.79 Å². The quantitative estimate of drug-likeness (QED) is 0.836. The topological polar surface area (TPSA) is 55.1 Å². The number of amides is 1. The molecule has 1 aromatic carbocycles. The average Bonchev–Trinajstić information content (AvgIpc) is 2.91. The Morgan fingerprint density at radius 3 is 2.59 bits per heavy atom. The number of carbonyl (C=O) groups is 1. The van der Waals surface area contributed by atoms with E-state index in [4.69, 9.17) is 5.73 Å². The van der Waals surface area contributed by atoms with E-state index in [1.54, 1.807) is 0 Å². The largest absolute Gasteiger partial charge is 0.371 e. The molecule has 1 amide bonds. The summed E-state index contributed by atoms with van der Waals surface area (Å²) in [7, 11) is 0. The molecule has 2 bridgehead atoms. The number of carbonyl (C=O) groups excluding carboxylic acids is 1. The van der Waals surface area contributed by atoms with Crippen LogP contribution in [-0.2, 0) is 4.79 Å². The molecule has 3 unspecified atom stereocenters. The van der Waals surface area contributed by atoms with Crippen LogP contribution in [0.15, 0.2) is 30.3 Å². The van der Waals surface area contributed by atoms with Gasteiger partial charge in [0.15, 0.2) is 0 Å². The molecule has 17 heavy (non-hydrogen) atoms. The standard InChI is InChI=1S/C14H18N2O/c15-13(17)14(9-10-6-7-11(14)8-10)16-12-4-2-1-3-5-12/h1-5,10-11,16H,6-9H2,(H2,15,17). The Morgan fingerprint density at radius 2 is 2.06 bits per heavy atom. The van der Waals surface area contributed by atoms with Gasteiger partial charge in [-0.25, -0.2) is 0 Å². The van der Waals surface area contributed by atoms with E-state index in [-0.39, 0.29) is 5.91 Å². The lowest BCUT2D eigenvalue weighted by Gasteiger charge is -2.36. The summed E-state index contributed by atoms with van der Waals surface area (Å²) >= 11 is 0. The fourth-order valence-electron chi connectivity index (χ4n) is 3.63. The van der Waals surface area contributed by atoms with E-state index in [1.165, 1.54) is 6.42 Å². The molecule has 2 aliphatic carbocycles. The second-order valence-electron chi connectivity index (χ2n) is 5.41. The van der Waals surface area contributed by atoms with Gasteiger partial charge in [-0.15, -0.1) is 0 Å². The third-order valence-electron chi connectivity index (χ3n) is 4.43. The highest BCUT2D eigenvalue weighted by molar-refractivity contribution is 5.89. The van der Waals surface area contributed by atoms with Crippen molar-refractivity contribution >= 4 is 11.6 Å². The first kappa shape index (κ1) is 10.6. The molecule has 0 aliphatic heterocycles. The maximum Gasteiger partial charge on any atom is 0.243 e. The van der Waals surface area contributed by atoms with Gasteiger partial charge in [0.2, 0.25) is 5.91 Å². The fourth-order valence-corrected chi connectivity index (χ4v) is 3.63. The third kappa shape index (κ3) is 1.61. The Labute approximate surface area is 101 Å². The molecular weight excluding hydrogens is 212 g/mol. The van der Waals surface area contributed by atoms with Crippen molar-refractivity contribution in [3.63, 3.8) is 0 Å². The summed E-state index contributed by atoms with van der Waals surface area (Å²) in [5.74, 6) is 0.919. The lowest BCUT2D eigenvalue weighted by molar-refractivity contribution is -0.123. The van der Waals surface area contributed by atoms with E-state index in [0.717, 1.165) is 24.9 Å². The summed E-state index contributed by atoms with van der Waals surface area (Å²) < 4.78 is 0. The Bertz CT molecular complexity index is 431. The summed E-state index contributed by atoms with van der Waals surface area (Å²) in [6.07, 6.45) is 4.45. The highest BCUT2D eigenvalue weighted by Gasteiger charge is 2.54. The number of benzene rings is 1. The highest BCUT2D eigenvalue weighted by atomic mass is 16.1. The summed E-state index contributed by atoms with van der Waals surface area (Å²) in [5, 5.41) is 3.41. The van der Waals surface area contributed by atoms with Crippen molar-refractivity contribution in [1.82, 2.24) is 0 Å². The van der Waals surface area contributed by atoms with Crippen LogP contribution in [0.25, 0.3) is 0 Å². The molecule has 0 radical (unpaired) electrons. The summed E-state index contributed by atoms with van der Waals surface area (Å²) in [4.78, 5) is 11.9. The minimum Gasteiger partial charge on any atom is -0.371 e. The molecule has 2 saturated carbocycles. The van der Waals surface area contributed by atoms with Crippen LogP contribution in [0.4, 0.5) is 5.69 Å². The SMILES string of the molecule is NC(=O)C1(Nc2ccccc2)CC2CCC1C2. The first-order valence-electron chi connectivity index (χ1n) is 6.34. The van der Waals surface area contributed by atoms with Gasteiger partial charge in [0.25, 0.3) is 0 Å². The van der Waals surface area contributed by atoms with Gasteiger partial charge >= 0.3 is 0 Å². The van der Waals surface area contributed by atoms with Gasteiger partial charge in [-0.1, -0.05) is 18.2 Å². The minimum absolute atomic E-state index is 0.187. The van der Waals surface area contributed by atoms with Crippen LogP contribution in [0.3, 0.4) is 0 Å². The van der Waals surface area contributed by atoms with Crippen LogP contribution < -0.4 is 11.1 Å². The molecule has 2 fully saturated rings.